The molecule has 2 N–H and O–H groups in total. The SMILES string of the molecule is CCCCC/C=C(/O)C/C=C\C/C=C\CCCCC(=O)O. The molecule has 3 heteroatoms. The molecule has 0 aromatic carbocycles. The Morgan fingerprint density at radius 1 is 0.905 bits per heavy atom. The van der Waals surface area contributed by atoms with E-state index in [1.807, 2.05) is 18.2 Å². The summed E-state index contributed by atoms with van der Waals surface area (Å²) < 4.78 is 0. The van der Waals surface area contributed by atoms with Crippen LogP contribution in [0, 0.1) is 0 Å². The van der Waals surface area contributed by atoms with Crippen LogP contribution in [0.4, 0.5) is 0 Å². The summed E-state index contributed by atoms with van der Waals surface area (Å²) in [5, 5.41) is 18.1. The fraction of sp³-hybridized carbons (Fsp3) is 0.611. The zero-order chi connectivity index (χ0) is 15.8. The van der Waals surface area contributed by atoms with E-state index in [1.54, 1.807) is 0 Å². The van der Waals surface area contributed by atoms with Crippen molar-refractivity contribution in [2.75, 3.05) is 0 Å². The summed E-state index contributed by atoms with van der Waals surface area (Å²) >= 11 is 0. The number of aliphatic hydroxyl groups is 1. The second-order valence-corrected chi connectivity index (χ2v) is 5.21. The molecule has 0 aliphatic heterocycles. The highest BCUT2D eigenvalue weighted by atomic mass is 16.4. The largest absolute Gasteiger partial charge is 0.512 e. The van der Waals surface area contributed by atoms with E-state index in [1.165, 1.54) is 12.8 Å². The van der Waals surface area contributed by atoms with Crippen LogP contribution < -0.4 is 0 Å². The molecule has 0 saturated carbocycles. The minimum absolute atomic E-state index is 0.262. The van der Waals surface area contributed by atoms with E-state index in [-0.39, 0.29) is 6.42 Å². The number of aliphatic hydroxyl groups excluding tert-OH is 1. The van der Waals surface area contributed by atoms with Crippen LogP contribution in [0.1, 0.15) is 71.1 Å². The van der Waals surface area contributed by atoms with E-state index in [0.29, 0.717) is 12.2 Å². The number of hydrogen-bond acceptors (Lipinski definition) is 2. The number of hydrogen-bond donors (Lipinski definition) is 2. The molecular weight excluding hydrogens is 264 g/mol. The van der Waals surface area contributed by atoms with Gasteiger partial charge in [-0.25, -0.2) is 0 Å². The summed E-state index contributed by atoms with van der Waals surface area (Å²) in [5.74, 6) is -0.260. The number of rotatable bonds is 13. The first kappa shape index (κ1) is 19.5. The van der Waals surface area contributed by atoms with Crippen molar-refractivity contribution in [3.8, 4) is 0 Å². The van der Waals surface area contributed by atoms with E-state index >= 15 is 0 Å². The van der Waals surface area contributed by atoms with Gasteiger partial charge in [-0.2, -0.15) is 0 Å². The number of unbranched alkanes of at least 4 members (excludes halogenated alkanes) is 5. The molecule has 3 nitrogen and oxygen atoms in total. The number of allylic oxidation sites excluding steroid dienone is 5. The Labute approximate surface area is 129 Å². The van der Waals surface area contributed by atoms with Crippen molar-refractivity contribution in [2.45, 2.75) is 71.1 Å². The smallest absolute Gasteiger partial charge is 0.303 e. The Balaban J connectivity index is 3.52. The van der Waals surface area contributed by atoms with Crippen LogP contribution in [0.15, 0.2) is 36.1 Å². The van der Waals surface area contributed by atoms with Crippen molar-refractivity contribution < 1.29 is 15.0 Å². The summed E-state index contributed by atoms with van der Waals surface area (Å²) in [4.78, 5) is 10.3. The van der Waals surface area contributed by atoms with E-state index in [4.69, 9.17) is 5.11 Å². The number of carbonyl (C=O) groups is 1. The first-order valence-electron chi connectivity index (χ1n) is 8.06. The predicted octanol–water partition coefficient (Wildman–Crippen LogP) is 5.55. The van der Waals surface area contributed by atoms with Crippen LogP contribution >= 0.6 is 0 Å². The van der Waals surface area contributed by atoms with Crippen molar-refractivity contribution in [3.63, 3.8) is 0 Å². The fourth-order valence-electron chi connectivity index (χ4n) is 1.88. The van der Waals surface area contributed by atoms with Gasteiger partial charge >= 0.3 is 5.97 Å². The van der Waals surface area contributed by atoms with Crippen molar-refractivity contribution in [2.24, 2.45) is 0 Å². The monoisotopic (exact) mass is 294 g/mol. The van der Waals surface area contributed by atoms with Gasteiger partial charge in [-0.15, -0.1) is 0 Å². The highest BCUT2D eigenvalue weighted by molar-refractivity contribution is 5.66. The van der Waals surface area contributed by atoms with Gasteiger partial charge in [0, 0.05) is 12.8 Å². The van der Waals surface area contributed by atoms with Crippen molar-refractivity contribution >= 4 is 5.97 Å². The quantitative estimate of drug-likeness (QED) is 0.266. The van der Waals surface area contributed by atoms with Gasteiger partial charge < -0.3 is 10.2 Å². The lowest BCUT2D eigenvalue weighted by Crippen LogP contribution is -1.92. The zero-order valence-electron chi connectivity index (χ0n) is 13.3. The third-order valence-electron chi connectivity index (χ3n) is 3.13. The molecule has 0 saturated heterocycles. The Hall–Kier alpha value is -1.51. The van der Waals surface area contributed by atoms with E-state index < -0.39 is 5.97 Å². The van der Waals surface area contributed by atoms with Crippen LogP contribution in [-0.2, 0) is 4.79 Å². The molecule has 120 valence electrons. The van der Waals surface area contributed by atoms with Crippen LogP contribution in [0.5, 0.6) is 0 Å². The second-order valence-electron chi connectivity index (χ2n) is 5.21. The van der Waals surface area contributed by atoms with Gasteiger partial charge in [-0.3, -0.25) is 4.79 Å². The molecule has 0 aliphatic carbocycles. The summed E-state index contributed by atoms with van der Waals surface area (Å²) in [6, 6.07) is 0. The van der Waals surface area contributed by atoms with Crippen molar-refractivity contribution in [3.05, 3.63) is 36.1 Å². The first-order chi connectivity index (χ1) is 10.2. The molecule has 0 aromatic heterocycles. The van der Waals surface area contributed by atoms with Gasteiger partial charge in [0.1, 0.15) is 0 Å². The van der Waals surface area contributed by atoms with Crippen LogP contribution in [0.3, 0.4) is 0 Å². The van der Waals surface area contributed by atoms with Crippen LogP contribution in [0.25, 0.3) is 0 Å². The van der Waals surface area contributed by atoms with Crippen LogP contribution in [-0.4, -0.2) is 16.2 Å². The molecule has 0 spiro atoms. The maximum Gasteiger partial charge on any atom is 0.303 e. The molecule has 0 radical (unpaired) electrons. The molecule has 0 aliphatic rings. The minimum Gasteiger partial charge on any atom is -0.512 e. The van der Waals surface area contributed by atoms with Gasteiger partial charge in [-0.1, -0.05) is 44.1 Å². The lowest BCUT2D eigenvalue weighted by molar-refractivity contribution is -0.137. The van der Waals surface area contributed by atoms with Crippen molar-refractivity contribution in [1.82, 2.24) is 0 Å². The Morgan fingerprint density at radius 3 is 2.33 bits per heavy atom. The Kier molecular flexibility index (Phi) is 13.8. The minimum atomic E-state index is -0.718. The molecule has 0 aromatic rings. The second kappa shape index (κ2) is 14.9. The summed E-state index contributed by atoms with van der Waals surface area (Å²) in [5.41, 5.74) is 0. The highest BCUT2D eigenvalue weighted by Crippen LogP contribution is 2.06. The van der Waals surface area contributed by atoms with E-state index in [9.17, 15) is 9.90 Å². The highest BCUT2D eigenvalue weighted by Gasteiger charge is 1.94. The summed E-state index contributed by atoms with van der Waals surface area (Å²) in [6.45, 7) is 2.17. The predicted molar refractivity (Wildman–Crippen MR) is 88.5 cm³/mol. The average molecular weight is 294 g/mol. The molecule has 0 rings (SSSR count). The lowest BCUT2D eigenvalue weighted by Gasteiger charge is -1.96. The van der Waals surface area contributed by atoms with Gasteiger partial charge in [0.05, 0.1) is 5.76 Å². The molecule has 0 amide bonds. The Bertz CT molecular complexity index is 340. The summed E-state index contributed by atoms with van der Waals surface area (Å²) in [7, 11) is 0. The fourth-order valence-corrected chi connectivity index (χ4v) is 1.88. The van der Waals surface area contributed by atoms with Crippen LogP contribution in [0.2, 0.25) is 0 Å². The normalized spacial score (nSPS) is 12.5. The molecule has 0 heterocycles. The topological polar surface area (TPSA) is 57.5 Å². The lowest BCUT2D eigenvalue weighted by atomic mass is 10.1. The molecule has 0 fully saturated rings. The number of carboxylic acids is 1. The van der Waals surface area contributed by atoms with Gasteiger partial charge in [0.25, 0.3) is 0 Å². The molecule has 0 bridgehead atoms. The number of carboxylic acid groups (broad SMARTS) is 1. The van der Waals surface area contributed by atoms with Gasteiger partial charge in [-0.05, 0) is 44.6 Å². The molecular formula is C18H30O3. The molecule has 0 unspecified atom stereocenters. The molecule has 0 atom stereocenters. The standard InChI is InChI=1S/C18H30O3/c1-2-3-4-11-14-17(19)15-12-9-7-5-6-8-10-13-16-18(20)21/h5-6,9,12,14,19H,2-4,7-8,10-11,13,15-16H2,1H3,(H,20,21)/b6-5-,12-9-,17-14+. The average Bonchev–Trinajstić information content (AvgIpc) is 2.45. The maximum absolute atomic E-state index is 10.3. The molecule has 21 heavy (non-hydrogen) atoms. The van der Waals surface area contributed by atoms with E-state index in [2.05, 4.69) is 19.1 Å². The van der Waals surface area contributed by atoms with Gasteiger partial charge in [0.15, 0.2) is 0 Å². The van der Waals surface area contributed by atoms with Crippen molar-refractivity contribution in [1.29, 1.82) is 0 Å². The zero-order valence-corrected chi connectivity index (χ0v) is 13.3. The third-order valence-corrected chi connectivity index (χ3v) is 3.13. The van der Waals surface area contributed by atoms with Gasteiger partial charge in [0.2, 0.25) is 0 Å². The third kappa shape index (κ3) is 16.4. The van der Waals surface area contributed by atoms with E-state index in [0.717, 1.165) is 38.5 Å². The number of aliphatic carboxylic acids is 1. The maximum atomic E-state index is 10.3. The Morgan fingerprint density at radius 2 is 1.62 bits per heavy atom. The summed E-state index contributed by atoms with van der Waals surface area (Å²) in [6.07, 6.45) is 19.0. The first-order valence-corrected chi connectivity index (χ1v) is 8.06.